The third kappa shape index (κ3) is 2.94. The van der Waals surface area contributed by atoms with E-state index in [-0.39, 0.29) is 0 Å². The fraction of sp³-hybridized carbons (Fsp3) is 0.200. The summed E-state index contributed by atoms with van der Waals surface area (Å²) in [5.74, 6) is 0.752. The van der Waals surface area contributed by atoms with Gasteiger partial charge < -0.3 is 15.8 Å². The predicted molar refractivity (Wildman–Crippen MR) is 76.5 cm³/mol. The van der Waals surface area contributed by atoms with E-state index in [1.54, 1.807) is 13.2 Å². The van der Waals surface area contributed by atoms with Crippen molar-refractivity contribution < 1.29 is 4.74 Å². The van der Waals surface area contributed by atoms with Crippen LogP contribution in [0.5, 0.6) is 5.75 Å². The molecule has 0 aliphatic heterocycles. The van der Waals surface area contributed by atoms with Gasteiger partial charge in [0.15, 0.2) is 0 Å². The van der Waals surface area contributed by atoms with E-state index >= 15 is 0 Å². The Kier molecular flexibility index (Phi) is 3.72. The molecule has 3 nitrogen and oxygen atoms in total. The lowest BCUT2D eigenvalue weighted by atomic mass is 10.1. The number of aryl methyl sites for hydroxylation is 1. The first kappa shape index (κ1) is 12.3. The third-order valence-electron chi connectivity index (χ3n) is 2.82. The van der Waals surface area contributed by atoms with Crippen LogP contribution in [0, 0.1) is 0 Å². The summed E-state index contributed by atoms with van der Waals surface area (Å²) >= 11 is 0. The highest BCUT2D eigenvalue weighted by Crippen LogP contribution is 2.25. The van der Waals surface area contributed by atoms with Crippen molar-refractivity contribution in [3.05, 3.63) is 48.0 Å². The van der Waals surface area contributed by atoms with E-state index in [0.29, 0.717) is 5.69 Å². The molecule has 2 aromatic carbocycles. The Morgan fingerprint density at radius 3 is 2.39 bits per heavy atom. The number of ether oxygens (including phenoxy) is 1. The molecule has 0 spiro atoms. The average molecular weight is 242 g/mol. The second kappa shape index (κ2) is 5.45. The number of rotatable bonds is 4. The summed E-state index contributed by atoms with van der Waals surface area (Å²) < 4.78 is 5.19. The van der Waals surface area contributed by atoms with Crippen LogP contribution in [0.3, 0.4) is 0 Å². The number of hydrogen-bond donors (Lipinski definition) is 2. The average Bonchev–Trinajstić information content (AvgIpc) is 2.39. The molecule has 0 aliphatic carbocycles. The van der Waals surface area contributed by atoms with E-state index in [2.05, 4.69) is 36.5 Å². The molecule has 2 rings (SSSR count). The second-order valence-corrected chi connectivity index (χ2v) is 4.17. The first-order chi connectivity index (χ1) is 8.71. The summed E-state index contributed by atoms with van der Waals surface area (Å²) in [6.07, 6.45) is 1.05. The fourth-order valence-electron chi connectivity index (χ4n) is 1.80. The molecule has 0 atom stereocenters. The van der Waals surface area contributed by atoms with Crippen molar-refractivity contribution in [1.29, 1.82) is 0 Å². The van der Waals surface area contributed by atoms with Gasteiger partial charge in [0.05, 0.1) is 7.11 Å². The van der Waals surface area contributed by atoms with Gasteiger partial charge in [-0.05, 0) is 30.2 Å². The van der Waals surface area contributed by atoms with Gasteiger partial charge in [-0.2, -0.15) is 0 Å². The van der Waals surface area contributed by atoms with Gasteiger partial charge in [0.25, 0.3) is 0 Å². The Bertz CT molecular complexity index is 521. The predicted octanol–water partition coefficient (Wildman–Crippen LogP) is 3.58. The van der Waals surface area contributed by atoms with Gasteiger partial charge in [0, 0.05) is 29.2 Å². The summed E-state index contributed by atoms with van der Waals surface area (Å²) in [5, 5.41) is 3.31. The van der Waals surface area contributed by atoms with Gasteiger partial charge in [0.2, 0.25) is 0 Å². The molecule has 18 heavy (non-hydrogen) atoms. The highest BCUT2D eigenvalue weighted by Gasteiger charge is 2.00. The van der Waals surface area contributed by atoms with Crippen LogP contribution in [0.15, 0.2) is 42.5 Å². The first-order valence-corrected chi connectivity index (χ1v) is 6.02. The molecular weight excluding hydrogens is 224 g/mol. The molecule has 0 amide bonds. The van der Waals surface area contributed by atoms with Crippen LogP contribution in [0.1, 0.15) is 12.5 Å². The summed E-state index contributed by atoms with van der Waals surface area (Å²) in [6, 6.07) is 14.0. The minimum atomic E-state index is 0.682. The zero-order valence-corrected chi connectivity index (χ0v) is 10.7. The molecule has 0 fully saturated rings. The van der Waals surface area contributed by atoms with Crippen LogP contribution >= 0.6 is 0 Å². The maximum atomic E-state index is 5.81. The molecule has 0 unspecified atom stereocenters. The van der Waals surface area contributed by atoms with Gasteiger partial charge in [-0.3, -0.25) is 0 Å². The lowest BCUT2D eigenvalue weighted by Crippen LogP contribution is -1.94. The van der Waals surface area contributed by atoms with Crippen LogP contribution in [0.4, 0.5) is 17.1 Å². The quantitative estimate of drug-likeness (QED) is 0.805. The number of hydrogen-bond acceptors (Lipinski definition) is 3. The van der Waals surface area contributed by atoms with Crippen molar-refractivity contribution in [3.8, 4) is 5.75 Å². The lowest BCUT2D eigenvalue weighted by Gasteiger charge is -2.10. The molecule has 3 N–H and O–H groups in total. The van der Waals surface area contributed by atoms with Gasteiger partial charge in [-0.25, -0.2) is 0 Å². The van der Waals surface area contributed by atoms with Gasteiger partial charge in [0.1, 0.15) is 5.75 Å². The van der Waals surface area contributed by atoms with Gasteiger partial charge >= 0.3 is 0 Å². The van der Waals surface area contributed by atoms with Crippen LogP contribution < -0.4 is 15.8 Å². The maximum Gasteiger partial charge on any atom is 0.122 e. The maximum absolute atomic E-state index is 5.81. The standard InChI is InChI=1S/C15H18N2O/c1-3-11-4-6-13(7-5-11)17-14-8-12(16)9-15(10-14)18-2/h4-10,17H,3,16H2,1-2H3. The van der Waals surface area contributed by atoms with Crippen molar-refractivity contribution >= 4 is 17.1 Å². The number of benzene rings is 2. The highest BCUT2D eigenvalue weighted by molar-refractivity contribution is 5.66. The monoisotopic (exact) mass is 242 g/mol. The molecule has 0 saturated heterocycles. The minimum Gasteiger partial charge on any atom is -0.497 e. The molecule has 0 bridgehead atoms. The first-order valence-electron chi connectivity index (χ1n) is 6.02. The molecular formula is C15H18N2O. The van der Waals surface area contributed by atoms with E-state index in [4.69, 9.17) is 10.5 Å². The van der Waals surface area contributed by atoms with Crippen molar-refractivity contribution in [2.75, 3.05) is 18.2 Å². The van der Waals surface area contributed by atoms with Crippen molar-refractivity contribution in [2.24, 2.45) is 0 Å². The van der Waals surface area contributed by atoms with Gasteiger partial charge in [-0.1, -0.05) is 19.1 Å². The number of nitrogen functional groups attached to an aromatic ring is 1. The zero-order chi connectivity index (χ0) is 13.0. The summed E-state index contributed by atoms with van der Waals surface area (Å²) in [5.41, 5.74) is 9.79. The minimum absolute atomic E-state index is 0.682. The Morgan fingerprint density at radius 1 is 1.06 bits per heavy atom. The Labute approximate surface area is 108 Å². The fourth-order valence-corrected chi connectivity index (χ4v) is 1.80. The van der Waals surface area contributed by atoms with E-state index in [1.807, 2.05) is 12.1 Å². The van der Waals surface area contributed by atoms with Crippen LogP contribution in [0.25, 0.3) is 0 Å². The SMILES string of the molecule is CCc1ccc(Nc2cc(N)cc(OC)c2)cc1. The number of nitrogens with two attached hydrogens (primary N) is 1. The number of anilines is 3. The Morgan fingerprint density at radius 2 is 1.78 bits per heavy atom. The van der Waals surface area contributed by atoms with E-state index in [0.717, 1.165) is 23.5 Å². The van der Waals surface area contributed by atoms with Crippen molar-refractivity contribution in [1.82, 2.24) is 0 Å². The summed E-state index contributed by atoms with van der Waals surface area (Å²) in [4.78, 5) is 0. The summed E-state index contributed by atoms with van der Waals surface area (Å²) in [7, 11) is 1.63. The van der Waals surface area contributed by atoms with Crippen LogP contribution in [0.2, 0.25) is 0 Å². The van der Waals surface area contributed by atoms with E-state index in [9.17, 15) is 0 Å². The van der Waals surface area contributed by atoms with E-state index < -0.39 is 0 Å². The lowest BCUT2D eigenvalue weighted by molar-refractivity contribution is 0.415. The number of methoxy groups -OCH3 is 1. The van der Waals surface area contributed by atoms with Gasteiger partial charge in [-0.15, -0.1) is 0 Å². The van der Waals surface area contributed by atoms with Crippen LogP contribution in [-0.4, -0.2) is 7.11 Å². The summed E-state index contributed by atoms with van der Waals surface area (Å²) in [6.45, 7) is 2.14. The van der Waals surface area contributed by atoms with Crippen LogP contribution in [-0.2, 0) is 6.42 Å². The second-order valence-electron chi connectivity index (χ2n) is 4.17. The van der Waals surface area contributed by atoms with Crippen molar-refractivity contribution in [2.45, 2.75) is 13.3 Å². The Balaban J connectivity index is 2.19. The molecule has 94 valence electrons. The molecule has 2 aromatic rings. The third-order valence-corrected chi connectivity index (χ3v) is 2.82. The normalized spacial score (nSPS) is 10.1. The molecule has 0 aromatic heterocycles. The zero-order valence-electron chi connectivity index (χ0n) is 10.7. The topological polar surface area (TPSA) is 47.3 Å². The molecule has 0 radical (unpaired) electrons. The largest absolute Gasteiger partial charge is 0.497 e. The highest BCUT2D eigenvalue weighted by atomic mass is 16.5. The Hall–Kier alpha value is -2.16. The molecule has 0 saturated carbocycles. The molecule has 0 aliphatic rings. The van der Waals surface area contributed by atoms with E-state index in [1.165, 1.54) is 5.56 Å². The molecule has 3 heteroatoms. The molecule has 0 heterocycles. The number of nitrogens with one attached hydrogen (secondary N) is 1. The van der Waals surface area contributed by atoms with Crippen molar-refractivity contribution in [3.63, 3.8) is 0 Å². The smallest absolute Gasteiger partial charge is 0.122 e.